The summed E-state index contributed by atoms with van der Waals surface area (Å²) in [6, 6.07) is 2.04. The molecule has 5 nitrogen and oxygen atoms in total. The van der Waals surface area contributed by atoms with Crippen molar-refractivity contribution >= 4 is 11.9 Å². The largest absolute Gasteiger partial charge is 0.352 e. The SMILES string of the molecule is C[C@@H](CCc1ccc(F)c(F)c1)NC(=O)[C@@H](C)NC(N)=O. The zero-order chi connectivity index (χ0) is 16.0. The van der Waals surface area contributed by atoms with Gasteiger partial charge in [-0.3, -0.25) is 4.79 Å². The first-order chi connectivity index (χ1) is 9.79. The van der Waals surface area contributed by atoms with Gasteiger partial charge in [-0.2, -0.15) is 0 Å². The molecule has 21 heavy (non-hydrogen) atoms. The van der Waals surface area contributed by atoms with Gasteiger partial charge in [-0.25, -0.2) is 13.6 Å². The van der Waals surface area contributed by atoms with E-state index in [1.807, 2.05) is 0 Å². The molecule has 1 aromatic rings. The summed E-state index contributed by atoms with van der Waals surface area (Å²) in [4.78, 5) is 22.3. The smallest absolute Gasteiger partial charge is 0.312 e. The van der Waals surface area contributed by atoms with Crippen LogP contribution in [0.5, 0.6) is 0 Å². The van der Waals surface area contributed by atoms with Crippen LogP contribution in [0.4, 0.5) is 13.6 Å². The maximum atomic E-state index is 13.0. The van der Waals surface area contributed by atoms with Gasteiger partial charge >= 0.3 is 6.03 Å². The molecule has 0 aliphatic heterocycles. The topological polar surface area (TPSA) is 84.2 Å². The van der Waals surface area contributed by atoms with Crippen molar-refractivity contribution in [3.05, 3.63) is 35.4 Å². The van der Waals surface area contributed by atoms with Gasteiger partial charge in [0.1, 0.15) is 6.04 Å². The first-order valence-corrected chi connectivity index (χ1v) is 6.60. The second-order valence-corrected chi connectivity index (χ2v) is 4.93. The minimum absolute atomic E-state index is 0.178. The fourth-order valence-corrected chi connectivity index (χ4v) is 1.80. The molecule has 2 atom stereocenters. The zero-order valence-electron chi connectivity index (χ0n) is 12.0. The van der Waals surface area contributed by atoms with Crippen LogP contribution < -0.4 is 16.4 Å². The van der Waals surface area contributed by atoms with Gasteiger partial charge in [0.15, 0.2) is 11.6 Å². The molecule has 0 saturated carbocycles. The van der Waals surface area contributed by atoms with E-state index in [1.165, 1.54) is 13.0 Å². The number of benzene rings is 1. The Morgan fingerprint density at radius 2 is 1.86 bits per heavy atom. The highest BCUT2D eigenvalue weighted by molar-refractivity contribution is 5.86. The van der Waals surface area contributed by atoms with Crippen molar-refractivity contribution in [2.75, 3.05) is 0 Å². The van der Waals surface area contributed by atoms with Crippen LogP contribution >= 0.6 is 0 Å². The molecule has 1 aromatic carbocycles. The highest BCUT2D eigenvalue weighted by Crippen LogP contribution is 2.11. The first kappa shape index (κ1) is 16.9. The number of aryl methyl sites for hydroxylation is 1. The van der Waals surface area contributed by atoms with Gasteiger partial charge in [0, 0.05) is 6.04 Å². The Kier molecular flexibility index (Phi) is 6.08. The molecule has 0 radical (unpaired) electrons. The Hall–Kier alpha value is -2.18. The molecule has 116 valence electrons. The van der Waals surface area contributed by atoms with E-state index in [2.05, 4.69) is 10.6 Å². The number of carbonyl (C=O) groups is 2. The minimum atomic E-state index is -0.886. The summed E-state index contributed by atoms with van der Waals surface area (Å²) in [6.45, 7) is 3.30. The normalized spacial score (nSPS) is 13.3. The first-order valence-electron chi connectivity index (χ1n) is 6.60. The number of urea groups is 1. The number of hydrogen-bond donors (Lipinski definition) is 3. The molecule has 0 saturated heterocycles. The number of nitrogens with one attached hydrogen (secondary N) is 2. The van der Waals surface area contributed by atoms with E-state index < -0.39 is 23.7 Å². The maximum absolute atomic E-state index is 13.0. The Bertz CT molecular complexity index is 523. The number of rotatable bonds is 6. The number of amides is 3. The lowest BCUT2D eigenvalue weighted by Gasteiger charge is -2.17. The van der Waals surface area contributed by atoms with Crippen LogP contribution in [0.15, 0.2) is 18.2 Å². The third-order valence-electron chi connectivity index (χ3n) is 2.99. The molecule has 4 N–H and O–H groups in total. The van der Waals surface area contributed by atoms with Gasteiger partial charge < -0.3 is 16.4 Å². The molecule has 0 heterocycles. The third-order valence-corrected chi connectivity index (χ3v) is 2.99. The third kappa shape index (κ3) is 5.76. The van der Waals surface area contributed by atoms with E-state index in [0.717, 1.165) is 12.1 Å². The fraction of sp³-hybridized carbons (Fsp3) is 0.429. The van der Waals surface area contributed by atoms with Crippen LogP contribution in [0, 0.1) is 11.6 Å². The predicted octanol–water partition coefficient (Wildman–Crippen LogP) is 1.46. The molecule has 3 amide bonds. The second kappa shape index (κ2) is 7.56. The molecule has 0 unspecified atom stereocenters. The van der Waals surface area contributed by atoms with E-state index in [1.54, 1.807) is 6.92 Å². The summed E-state index contributed by atoms with van der Waals surface area (Å²) >= 11 is 0. The van der Waals surface area contributed by atoms with Crippen LogP contribution in [-0.4, -0.2) is 24.0 Å². The van der Waals surface area contributed by atoms with E-state index in [4.69, 9.17) is 5.73 Å². The number of carbonyl (C=O) groups excluding carboxylic acids is 2. The number of primary amides is 1. The van der Waals surface area contributed by atoms with Crippen LogP contribution in [0.1, 0.15) is 25.8 Å². The monoisotopic (exact) mass is 299 g/mol. The summed E-state index contributed by atoms with van der Waals surface area (Å²) in [5.41, 5.74) is 5.58. The number of nitrogens with two attached hydrogens (primary N) is 1. The van der Waals surface area contributed by atoms with Crippen LogP contribution in [0.2, 0.25) is 0 Å². The molecule has 7 heteroatoms. The lowest BCUT2D eigenvalue weighted by atomic mass is 10.1. The summed E-state index contributed by atoms with van der Waals surface area (Å²) in [6.07, 6.45) is 1.05. The van der Waals surface area contributed by atoms with Crippen LogP contribution in [0.25, 0.3) is 0 Å². The molecule has 0 aliphatic carbocycles. The Morgan fingerprint density at radius 3 is 2.43 bits per heavy atom. The van der Waals surface area contributed by atoms with Crippen molar-refractivity contribution in [1.82, 2.24) is 10.6 Å². The van der Waals surface area contributed by atoms with Gasteiger partial charge in [-0.15, -0.1) is 0 Å². The van der Waals surface area contributed by atoms with Crippen molar-refractivity contribution in [3.8, 4) is 0 Å². The van der Waals surface area contributed by atoms with Crippen molar-refractivity contribution in [2.24, 2.45) is 5.73 Å². The fourth-order valence-electron chi connectivity index (χ4n) is 1.80. The van der Waals surface area contributed by atoms with Crippen molar-refractivity contribution < 1.29 is 18.4 Å². The van der Waals surface area contributed by atoms with Crippen LogP contribution in [0.3, 0.4) is 0 Å². The predicted molar refractivity (Wildman–Crippen MR) is 74.5 cm³/mol. The molecule has 0 fully saturated rings. The number of halogens is 2. The van der Waals surface area contributed by atoms with E-state index >= 15 is 0 Å². The lowest BCUT2D eigenvalue weighted by molar-refractivity contribution is -0.123. The summed E-state index contributed by atoms with van der Waals surface area (Å²) < 4.78 is 25.8. The average molecular weight is 299 g/mol. The number of hydrogen-bond acceptors (Lipinski definition) is 2. The van der Waals surface area contributed by atoms with Crippen molar-refractivity contribution in [1.29, 1.82) is 0 Å². The molecule has 0 bridgehead atoms. The van der Waals surface area contributed by atoms with Crippen molar-refractivity contribution in [2.45, 2.75) is 38.8 Å². The molecule has 0 aliphatic rings. The Morgan fingerprint density at radius 1 is 1.19 bits per heavy atom. The molecule has 0 aromatic heterocycles. The van der Waals surface area contributed by atoms with E-state index in [9.17, 15) is 18.4 Å². The minimum Gasteiger partial charge on any atom is -0.352 e. The van der Waals surface area contributed by atoms with Crippen molar-refractivity contribution in [3.63, 3.8) is 0 Å². The van der Waals surface area contributed by atoms with E-state index in [-0.39, 0.29) is 11.9 Å². The van der Waals surface area contributed by atoms with E-state index in [0.29, 0.717) is 18.4 Å². The summed E-state index contributed by atoms with van der Waals surface area (Å²) in [7, 11) is 0. The van der Waals surface area contributed by atoms with Gasteiger partial charge in [-0.1, -0.05) is 6.07 Å². The van der Waals surface area contributed by atoms with Crippen LogP contribution in [-0.2, 0) is 11.2 Å². The second-order valence-electron chi connectivity index (χ2n) is 4.93. The molecular formula is C14H19F2N3O2. The molecular weight excluding hydrogens is 280 g/mol. The lowest BCUT2D eigenvalue weighted by Crippen LogP contribution is -2.49. The summed E-state index contributed by atoms with van der Waals surface area (Å²) in [5, 5.41) is 4.98. The standard InChI is InChI=1S/C14H19F2N3O2/c1-8(18-13(20)9(2)19-14(17)21)3-4-10-5-6-11(15)12(16)7-10/h5-9H,3-4H2,1-2H3,(H,18,20)(H3,17,19,21)/t8-,9+/m0/s1. The van der Waals surface area contributed by atoms with Gasteiger partial charge in [0.25, 0.3) is 0 Å². The Labute approximate surface area is 121 Å². The quantitative estimate of drug-likeness (QED) is 0.743. The van der Waals surface area contributed by atoms with Gasteiger partial charge in [-0.05, 0) is 44.4 Å². The Balaban J connectivity index is 2.43. The van der Waals surface area contributed by atoms with Gasteiger partial charge in [0.2, 0.25) is 5.91 Å². The zero-order valence-corrected chi connectivity index (χ0v) is 12.0. The maximum Gasteiger partial charge on any atom is 0.312 e. The summed E-state index contributed by atoms with van der Waals surface area (Å²) in [5.74, 6) is -2.12. The average Bonchev–Trinajstić information content (AvgIpc) is 2.39. The highest BCUT2D eigenvalue weighted by Gasteiger charge is 2.16. The molecule has 0 spiro atoms. The van der Waals surface area contributed by atoms with Gasteiger partial charge in [0.05, 0.1) is 0 Å². The highest BCUT2D eigenvalue weighted by atomic mass is 19.2. The molecule has 1 rings (SSSR count).